The van der Waals surface area contributed by atoms with Crippen molar-refractivity contribution in [2.24, 2.45) is 5.16 Å². The molecule has 28 heavy (non-hydrogen) atoms. The zero-order chi connectivity index (χ0) is 19.6. The van der Waals surface area contributed by atoms with Crippen molar-refractivity contribution in [3.8, 4) is 5.75 Å². The van der Waals surface area contributed by atoms with E-state index < -0.39 is 0 Å². The van der Waals surface area contributed by atoms with Crippen molar-refractivity contribution in [1.29, 1.82) is 0 Å². The number of halogens is 1. The van der Waals surface area contributed by atoms with Crippen LogP contribution in [-0.4, -0.2) is 15.9 Å². The van der Waals surface area contributed by atoms with Gasteiger partial charge in [0.25, 0.3) is 0 Å². The highest BCUT2D eigenvalue weighted by molar-refractivity contribution is 6.31. The number of hydrogen-bond donors (Lipinski definition) is 1. The number of benzene rings is 2. The maximum atomic E-state index is 9.16. The van der Waals surface area contributed by atoms with E-state index in [1.807, 2.05) is 72.8 Å². The number of ether oxygens (including phenoxy) is 1. The Kier molecular flexibility index (Phi) is 6.99. The standard InChI is InChI=1S/C23H19ClN2O2/c24-23-7-2-1-5-19(23)17-28-22-14-9-18(10-15-22)8-11-21(26-27)13-12-20-6-3-4-16-25-20/h1-16,27H,17H2. The van der Waals surface area contributed by atoms with Gasteiger partial charge in [-0.25, -0.2) is 0 Å². The van der Waals surface area contributed by atoms with Crippen LogP contribution in [0.5, 0.6) is 5.75 Å². The summed E-state index contributed by atoms with van der Waals surface area (Å²) in [6, 6.07) is 20.8. The quantitative estimate of drug-likeness (QED) is 0.312. The molecule has 2 aromatic carbocycles. The first-order valence-electron chi connectivity index (χ1n) is 8.70. The molecule has 0 saturated carbocycles. The van der Waals surface area contributed by atoms with Crippen molar-refractivity contribution in [3.63, 3.8) is 0 Å². The van der Waals surface area contributed by atoms with E-state index in [0.717, 1.165) is 22.6 Å². The second-order valence-corrected chi connectivity index (χ2v) is 6.30. The van der Waals surface area contributed by atoms with Gasteiger partial charge in [-0.1, -0.05) is 59.2 Å². The Morgan fingerprint density at radius 2 is 1.71 bits per heavy atom. The van der Waals surface area contributed by atoms with Crippen LogP contribution in [0.4, 0.5) is 0 Å². The first-order valence-corrected chi connectivity index (χ1v) is 9.08. The molecule has 5 heteroatoms. The zero-order valence-electron chi connectivity index (χ0n) is 15.1. The van der Waals surface area contributed by atoms with Crippen molar-refractivity contribution in [2.75, 3.05) is 0 Å². The molecule has 0 spiro atoms. The molecule has 1 heterocycles. The van der Waals surface area contributed by atoms with E-state index in [-0.39, 0.29) is 0 Å². The lowest BCUT2D eigenvalue weighted by atomic mass is 10.1. The van der Waals surface area contributed by atoms with Crippen LogP contribution < -0.4 is 4.74 Å². The fourth-order valence-electron chi connectivity index (χ4n) is 2.40. The van der Waals surface area contributed by atoms with Gasteiger partial charge in [0, 0.05) is 16.8 Å². The molecule has 0 atom stereocenters. The van der Waals surface area contributed by atoms with E-state index in [0.29, 0.717) is 17.3 Å². The van der Waals surface area contributed by atoms with E-state index in [1.165, 1.54) is 0 Å². The number of rotatable bonds is 7. The van der Waals surface area contributed by atoms with E-state index in [2.05, 4.69) is 10.1 Å². The second kappa shape index (κ2) is 10.1. The summed E-state index contributed by atoms with van der Waals surface area (Å²) in [7, 11) is 0. The van der Waals surface area contributed by atoms with Gasteiger partial charge in [-0.05, 0) is 54.1 Å². The summed E-state index contributed by atoms with van der Waals surface area (Å²) >= 11 is 6.13. The molecule has 0 unspecified atom stereocenters. The van der Waals surface area contributed by atoms with Gasteiger partial charge in [-0.2, -0.15) is 0 Å². The Morgan fingerprint density at radius 3 is 2.43 bits per heavy atom. The minimum Gasteiger partial charge on any atom is -0.489 e. The summed E-state index contributed by atoms with van der Waals surface area (Å²) in [5, 5.41) is 13.1. The third-order valence-corrected chi connectivity index (χ3v) is 4.28. The van der Waals surface area contributed by atoms with E-state index >= 15 is 0 Å². The molecular formula is C23H19ClN2O2. The minimum atomic E-state index is 0.411. The van der Waals surface area contributed by atoms with Gasteiger partial charge in [0.15, 0.2) is 0 Å². The minimum absolute atomic E-state index is 0.411. The number of hydrogen-bond acceptors (Lipinski definition) is 4. The highest BCUT2D eigenvalue weighted by Gasteiger charge is 2.00. The Morgan fingerprint density at radius 1 is 0.964 bits per heavy atom. The second-order valence-electron chi connectivity index (χ2n) is 5.90. The molecule has 1 aromatic heterocycles. The fraction of sp³-hybridized carbons (Fsp3) is 0.0435. The number of oxime groups is 1. The Labute approximate surface area is 169 Å². The summed E-state index contributed by atoms with van der Waals surface area (Å²) in [6.07, 6.45) is 8.76. The largest absolute Gasteiger partial charge is 0.489 e. The number of nitrogens with zero attached hydrogens (tertiary/aromatic N) is 2. The van der Waals surface area contributed by atoms with Gasteiger partial charge >= 0.3 is 0 Å². The SMILES string of the molecule is ON=C(C=Cc1ccc(OCc2ccccc2Cl)cc1)C=Cc1ccccn1. The third-order valence-electron chi connectivity index (χ3n) is 3.91. The maximum absolute atomic E-state index is 9.16. The highest BCUT2D eigenvalue weighted by Crippen LogP contribution is 2.19. The monoisotopic (exact) mass is 390 g/mol. The molecule has 0 amide bonds. The number of pyridine rings is 1. The lowest BCUT2D eigenvalue weighted by Gasteiger charge is -2.07. The molecule has 0 aliphatic rings. The van der Waals surface area contributed by atoms with Crippen molar-refractivity contribution >= 4 is 29.5 Å². The Bertz CT molecular complexity index is 981. The van der Waals surface area contributed by atoms with Crippen molar-refractivity contribution < 1.29 is 9.94 Å². The van der Waals surface area contributed by atoms with Crippen LogP contribution >= 0.6 is 11.6 Å². The van der Waals surface area contributed by atoms with Crippen LogP contribution in [0.3, 0.4) is 0 Å². The normalized spacial score (nSPS) is 12.0. The van der Waals surface area contributed by atoms with Gasteiger partial charge in [-0.3, -0.25) is 4.98 Å². The first kappa shape index (κ1) is 19.4. The molecule has 0 aliphatic carbocycles. The molecule has 3 aromatic rings. The van der Waals surface area contributed by atoms with Gasteiger partial charge in [-0.15, -0.1) is 0 Å². The van der Waals surface area contributed by atoms with Gasteiger partial charge < -0.3 is 9.94 Å². The highest BCUT2D eigenvalue weighted by atomic mass is 35.5. The average Bonchev–Trinajstić information content (AvgIpc) is 2.75. The van der Waals surface area contributed by atoms with Crippen molar-refractivity contribution in [1.82, 2.24) is 4.98 Å². The summed E-state index contributed by atoms with van der Waals surface area (Å²) in [4.78, 5) is 4.19. The van der Waals surface area contributed by atoms with Crippen LogP contribution in [-0.2, 0) is 6.61 Å². The Hall–Kier alpha value is -3.37. The lowest BCUT2D eigenvalue weighted by Crippen LogP contribution is -1.96. The van der Waals surface area contributed by atoms with E-state index in [1.54, 1.807) is 24.4 Å². The van der Waals surface area contributed by atoms with E-state index in [4.69, 9.17) is 21.5 Å². The molecule has 4 nitrogen and oxygen atoms in total. The Balaban J connectivity index is 1.58. The predicted molar refractivity (Wildman–Crippen MR) is 114 cm³/mol. The van der Waals surface area contributed by atoms with Crippen molar-refractivity contribution in [3.05, 3.63) is 107 Å². The molecule has 0 saturated heterocycles. The van der Waals surface area contributed by atoms with Crippen LogP contribution in [0.25, 0.3) is 12.2 Å². The summed E-state index contributed by atoms with van der Waals surface area (Å²) in [5.74, 6) is 0.753. The number of aromatic nitrogens is 1. The maximum Gasteiger partial charge on any atom is 0.119 e. The fourth-order valence-corrected chi connectivity index (χ4v) is 2.59. The van der Waals surface area contributed by atoms with Gasteiger partial charge in [0.05, 0.1) is 5.69 Å². The average molecular weight is 391 g/mol. The molecule has 1 N–H and O–H groups in total. The lowest BCUT2D eigenvalue weighted by molar-refractivity contribution is 0.306. The van der Waals surface area contributed by atoms with Gasteiger partial charge in [0.2, 0.25) is 0 Å². The van der Waals surface area contributed by atoms with Crippen molar-refractivity contribution in [2.45, 2.75) is 6.61 Å². The smallest absolute Gasteiger partial charge is 0.119 e. The molecule has 3 rings (SSSR count). The molecule has 0 fully saturated rings. The van der Waals surface area contributed by atoms with Crippen LogP contribution in [0, 0.1) is 0 Å². The van der Waals surface area contributed by atoms with E-state index in [9.17, 15) is 0 Å². The summed E-state index contributed by atoms with van der Waals surface area (Å²) < 4.78 is 5.77. The summed E-state index contributed by atoms with van der Waals surface area (Å²) in [6.45, 7) is 0.411. The molecule has 0 bridgehead atoms. The zero-order valence-corrected chi connectivity index (χ0v) is 15.8. The van der Waals surface area contributed by atoms with Crippen LogP contribution in [0.1, 0.15) is 16.8 Å². The third kappa shape index (κ3) is 5.83. The molecule has 0 aliphatic heterocycles. The number of allylic oxidation sites excluding steroid dienone is 2. The topological polar surface area (TPSA) is 54.7 Å². The predicted octanol–water partition coefficient (Wildman–Crippen LogP) is 5.87. The van der Waals surface area contributed by atoms with Crippen LogP contribution in [0.15, 0.2) is 90.2 Å². The van der Waals surface area contributed by atoms with Gasteiger partial charge in [0.1, 0.15) is 18.1 Å². The van der Waals surface area contributed by atoms with Crippen LogP contribution in [0.2, 0.25) is 5.02 Å². The molecule has 140 valence electrons. The molecular weight excluding hydrogens is 372 g/mol. The summed E-state index contributed by atoms with van der Waals surface area (Å²) in [5.41, 5.74) is 3.11. The first-order chi connectivity index (χ1) is 13.7. The molecule has 0 radical (unpaired) electrons.